The van der Waals surface area contributed by atoms with Gasteiger partial charge < -0.3 is 5.73 Å². The van der Waals surface area contributed by atoms with Gasteiger partial charge in [0.05, 0.1) is 6.04 Å². The average molecular weight is 261 g/mol. The molecule has 16 heavy (non-hydrogen) atoms. The SMILES string of the molecule is C[C@H](N)c1ncnn1-c1ccc(Cl)nn1.Cl. The summed E-state index contributed by atoms with van der Waals surface area (Å²) < 4.78 is 1.54. The highest BCUT2D eigenvalue weighted by Gasteiger charge is 2.11. The Bertz CT molecular complexity index is 452. The van der Waals surface area contributed by atoms with Gasteiger partial charge in [0.15, 0.2) is 16.8 Å². The quantitative estimate of drug-likeness (QED) is 0.876. The van der Waals surface area contributed by atoms with Gasteiger partial charge in [0.25, 0.3) is 0 Å². The van der Waals surface area contributed by atoms with E-state index in [2.05, 4.69) is 20.3 Å². The van der Waals surface area contributed by atoms with Crippen LogP contribution < -0.4 is 5.73 Å². The van der Waals surface area contributed by atoms with E-state index in [-0.39, 0.29) is 18.4 Å². The minimum absolute atomic E-state index is 0. The summed E-state index contributed by atoms with van der Waals surface area (Å²) in [6.45, 7) is 1.82. The van der Waals surface area contributed by atoms with Crippen LogP contribution in [0.2, 0.25) is 5.15 Å². The fourth-order valence-corrected chi connectivity index (χ4v) is 1.26. The fraction of sp³-hybridized carbons (Fsp3) is 0.250. The summed E-state index contributed by atoms with van der Waals surface area (Å²) in [5.41, 5.74) is 5.73. The molecule has 0 fully saturated rings. The second-order valence-electron chi connectivity index (χ2n) is 3.03. The maximum atomic E-state index is 5.73. The first-order valence-electron chi connectivity index (χ1n) is 4.33. The molecule has 2 aromatic rings. The molecule has 0 aliphatic heterocycles. The van der Waals surface area contributed by atoms with E-state index in [1.165, 1.54) is 11.0 Å². The van der Waals surface area contributed by atoms with Gasteiger partial charge in [-0.05, 0) is 19.1 Å². The predicted molar refractivity (Wildman–Crippen MR) is 61.8 cm³/mol. The minimum atomic E-state index is -0.218. The smallest absolute Gasteiger partial charge is 0.177 e. The van der Waals surface area contributed by atoms with Gasteiger partial charge in [-0.3, -0.25) is 0 Å². The third kappa shape index (κ3) is 2.46. The fourth-order valence-electron chi connectivity index (χ4n) is 1.16. The molecule has 1 atom stereocenters. The van der Waals surface area contributed by atoms with Crippen LogP contribution >= 0.6 is 24.0 Å². The van der Waals surface area contributed by atoms with Crippen molar-refractivity contribution in [2.24, 2.45) is 5.73 Å². The van der Waals surface area contributed by atoms with Crippen LogP contribution in [-0.4, -0.2) is 25.0 Å². The molecular weight excluding hydrogens is 251 g/mol. The summed E-state index contributed by atoms with van der Waals surface area (Å²) in [5.74, 6) is 1.18. The Morgan fingerprint density at radius 1 is 1.38 bits per heavy atom. The summed E-state index contributed by atoms with van der Waals surface area (Å²) in [6.07, 6.45) is 1.43. The van der Waals surface area contributed by atoms with Crippen LogP contribution in [0.1, 0.15) is 18.8 Å². The van der Waals surface area contributed by atoms with Crippen LogP contribution in [0.15, 0.2) is 18.5 Å². The lowest BCUT2D eigenvalue weighted by molar-refractivity contribution is 0.674. The Morgan fingerprint density at radius 3 is 2.69 bits per heavy atom. The molecule has 0 saturated heterocycles. The molecule has 0 unspecified atom stereocenters. The first-order valence-corrected chi connectivity index (χ1v) is 4.71. The van der Waals surface area contributed by atoms with E-state index in [0.717, 1.165) is 0 Å². The van der Waals surface area contributed by atoms with Gasteiger partial charge in [-0.1, -0.05) is 11.6 Å². The topological polar surface area (TPSA) is 82.5 Å². The molecule has 0 radical (unpaired) electrons. The van der Waals surface area contributed by atoms with Crippen molar-refractivity contribution in [3.63, 3.8) is 0 Å². The van der Waals surface area contributed by atoms with E-state index in [1.807, 2.05) is 6.92 Å². The van der Waals surface area contributed by atoms with Gasteiger partial charge >= 0.3 is 0 Å². The van der Waals surface area contributed by atoms with Crippen LogP contribution in [0, 0.1) is 0 Å². The zero-order valence-electron chi connectivity index (χ0n) is 8.41. The van der Waals surface area contributed by atoms with Crippen molar-refractivity contribution in [3.8, 4) is 5.82 Å². The van der Waals surface area contributed by atoms with Gasteiger partial charge in [-0.15, -0.1) is 22.6 Å². The summed E-state index contributed by atoms with van der Waals surface area (Å²) in [6, 6.07) is 3.12. The van der Waals surface area contributed by atoms with Crippen molar-refractivity contribution in [2.45, 2.75) is 13.0 Å². The Morgan fingerprint density at radius 2 is 2.12 bits per heavy atom. The molecule has 0 bridgehead atoms. The third-order valence-electron chi connectivity index (χ3n) is 1.82. The van der Waals surface area contributed by atoms with Gasteiger partial charge in [-0.25, -0.2) is 4.98 Å². The first-order chi connectivity index (χ1) is 7.18. The first kappa shape index (κ1) is 12.8. The maximum Gasteiger partial charge on any atom is 0.177 e. The molecule has 0 spiro atoms. The van der Waals surface area contributed by atoms with Crippen molar-refractivity contribution in [3.05, 3.63) is 29.4 Å². The highest BCUT2D eigenvalue weighted by molar-refractivity contribution is 6.29. The van der Waals surface area contributed by atoms with Gasteiger partial charge in [0.2, 0.25) is 0 Å². The Labute approximate surface area is 103 Å². The van der Waals surface area contributed by atoms with Gasteiger partial charge in [0.1, 0.15) is 6.33 Å². The summed E-state index contributed by atoms with van der Waals surface area (Å²) in [4.78, 5) is 4.04. The van der Waals surface area contributed by atoms with Crippen LogP contribution in [-0.2, 0) is 0 Å². The van der Waals surface area contributed by atoms with E-state index < -0.39 is 0 Å². The second-order valence-corrected chi connectivity index (χ2v) is 3.42. The molecule has 2 aromatic heterocycles. The molecule has 0 amide bonds. The largest absolute Gasteiger partial charge is 0.322 e. The molecule has 2 rings (SSSR count). The molecule has 0 aliphatic carbocycles. The number of halogens is 2. The summed E-state index contributed by atoms with van der Waals surface area (Å²) >= 11 is 5.63. The highest BCUT2D eigenvalue weighted by atomic mass is 35.5. The summed E-state index contributed by atoms with van der Waals surface area (Å²) in [5, 5.41) is 12.0. The Balaban J connectivity index is 0.00000128. The summed E-state index contributed by atoms with van der Waals surface area (Å²) in [7, 11) is 0. The number of nitrogens with zero attached hydrogens (tertiary/aromatic N) is 5. The Kier molecular flexibility index (Phi) is 4.17. The number of rotatable bonds is 2. The normalized spacial score (nSPS) is 11.9. The van der Waals surface area contributed by atoms with Crippen LogP contribution in [0.4, 0.5) is 0 Å². The standard InChI is InChI=1S/C8H9ClN6.ClH/c1-5(10)8-11-4-12-15(8)7-3-2-6(9)13-14-7;/h2-5H,10H2,1H3;1H/t5-;/m0./s1. The predicted octanol–water partition coefficient (Wildman–Crippen LogP) is 1.15. The van der Waals surface area contributed by atoms with Crippen molar-refractivity contribution in [2.75, 3.05) is 0 Å². The molecule has 2 heterocycles. The Hall–Kier alpha value is -1.24. The third-order valence-corrected chi connectivity index (χ3v) is 2.02. The molecule has 8 heteroatoms. The molecular formula is C8H10Cl2N6. The molecule has 0 saturated carbocycles. The second kappa shape index (κ2) is 5.20. The van der Waals surface area contributed by atoms with Crippen LogP contribution in [0.3, 0.4) is 0 Å². The number of hydrogen-bond acceptors (Lipinski definition) is 5. The van der Waals surface area contributed by atoms with E-state index in [9.17, 15) is 0 Å². The van der Waals surface area contributed by atoms with Crippen LogP contribution in [0.5, 0.6) is 0 Å². The van der Waals surface area contributed by atoms with Crippen molar-refractivity contribution in [1.82, 2.24) is 25.0 Å². The maximum absolute atomic E-state index is 5.73. The highest BCUT2D eigenvalue weighted by Crippen LogP contribution is 2.11. The van der Waals surface area contributed by atoms with Crippen molar-refractivity contribution in [1.29, 1.82) is 0 Å². The van der Waals surface area contributed by atoms with E-state index >= 15 is 0 Å². The molecule has 2 N–H and O–H groups in total. The van der Waals surface area contributed by atoms with Gasteiger partial charge in [-0.2, -0.15) is 9.78 Å². The number of aromatic nitrogens is 5. The zero-order chi connectivity index (χ0) is 10.8. The van der Waals surface area contributed by atoms with E-state index in [4.69, 9.17) is 17.3 Å². The molecule has 6 nitrogen and oxygen atoms in total. The van der Waals surface area contributed by atoms with Gasteiger partial charge in [0, 0.05) is 0 Å². The minimum Gasteiger partial charge on any atom is -0.322 e. The molecule has 0 aromatic carbocycles. The van der Waals surface area contributed by atoms with Crippen molar-refractivity contribution < 1.29 is 0 Å². The lowest BCUT2D eigenvalue weighted by Gasteiger charge is -2.06. The lowest BCUT2D eigenvalue weighted by Crippen LogP contribution is -2.14. The monoisotopic (exact) mass is 260 g/mol. The molecule has 0 aliphatic rings. The number of hydrogen-bond donors (Lipinski definition) is 1. The molecule has 86 valence electrons. The lowest BCUT2D eigenvalue weighted by atomic mass is 10.3. The number of nitrogens with two attached hydrogens (primary N) is 1. The van der Waals surface area contributed by atoms with E-state index in [0.29, 0.717) is 16.8 Å². The average Bonchev–Trinajstić information content (AvgIpc) is 2.67. The van der Waals surface area contributed by atoms with Crippen molar-refractivity contribution >= 4 is 24.0 Å². The zero-order valence-corrected chi connectivity index (χ0v) is 9.98. The van der Waals surface area contributed by atoms with E-state index in [1.54, 1.807) is 12.1 Å². The van der Waals surface area contributed by atoms with Crippen LogP contribution in [0.25, 0.3) is 5.82 Å².